The van der Waals surface area contributed by atoms with Crippen LogP contribution in [0.3, 0.4) is 0 Å². The van der Waals surface area contributed by atoms with Crippen LogP contribution in [0.2, 0.25) is 0 Å². The first kappa shape index (κ1) is 13.4. The molecule has 1 atom stereocenters. The highest BCUT2D eigenvalue weighted by molar-refractivity contribution is 5.54. The third-order valence-electron chi connectivity index (χ3n) is 4.10. The molecular formula is C16H25NO. The zero-order valence-electron chi connectivity index (χ0n) is 11.6. The van der Waals surface area contributed by atoms with Crippen molar-refractivity contribution in [1.82, 2.24) is 0 Å². The van der Waals surface area contributed by atoms with Gasteiger partial charge in [0.1, 0.15) is 0 Å². The van der Waals surface area contributed by atoms with Gasteiger partial charge in [-0.3, -0.25) is 0 Å². The molecule has 100 valence electrons. The first-order valence-electron chi connectivity index (χ1n) is 7.20. The summed E-state index contributed by atoms with van der Waals surface area (Å²) >= 11 is 0. The minimum absolute atomic E-state index is 0.341. The van der Waals surface area contributed by atoms with E-state index >= 15 is 0 Å². The van der Waals surface area contributed by atoms with Crippen LogP contribution in [0, 0.1) is 5.92 Å². The summed E-state index contributed by atoms with van der Waals surface area (Å²) in [6.07, 6.45) is 5.93. The molecule has 1 fully saturated rings. The average molecular weight is 247 g/mol. The molecule has 0 saturated heterocycles. The number of hydrogen-bond acceptors (Lipinski definition) is 2. The van der Waals surface area contributed by atoms with Gasteiger partial charge >= 0.3 is 0 Å². The first-order chi connectivity index (χ1) is 8.72. The van der Waals surface area contributed by atoms with Crippen LogP contribution in [-0.4, -0.2) is 18.7 Å². The van der Waals surface area contributed by atoms with E-state index < -0.39 is 0 Å². The third kappa shape index (κ3) is 3.05. The number of benzene rings is 1. The van der Waals surface area contributed by atoms with E-state index in [4.69, 9.17) is 0 Å². The maximum Gasteiger partial charge on any atom is 0.0807 e. The summed E-state index contributed by atoms with van der Waals surface area (Å²) in [5.74, 6) is 0.835. The normalized spacial score (nSPS) is 17.9. The van der Waals surface area contributed by atoms with E-state index in [-0.39, 0.29) is 6.10 Å². The van der Waals surface area contributed by atoms with Crippen molar-refractivity contribution in [3.8, 4) is 0 Å². The van der Waals surface area contributed by atoms with Crippen molar-refractivity contribution in [2.75, 3.05) is 18.5 Å². The van der Waals surface area contributed by atoms with Crippen LogP contribution in [0.15, 0.2) is 24.3 Å². The number of hydrogen-bond donors (Lipinski definition) is 1. The molecule has 0 aliphatic heterocycles. The van der Waals surface area contributed by atoms with E-state index in [1.807, 2.05) is 13.0 Å². The Balaban J connectivity index is 2.10. The lowest BCUT2D eigenvalue weighted by molar-refractivity contribution is 0.174. The van der Waals surface area contributed by atoms with Gasteiger partial charge in [0.05, 0.1) is 6.10 Å². The molecule has 0 radical (unpaired) electrons. The average Bonchev–Trinajstić information content (AvgIpc) is 2.90. The van der Waals surface area contributed by atoms with E-state index in [0.717, 1.165) is 24.4 Å². The molecule has 0 spiro atoms. The lowest BCUT2D eigenvalue weighted by Crippen LogP contribution is -2.25. The van der Waals surface area contributed by atoms with Gasteiger partial charge in [-0.15, -0.1) is 0 Å². The van der Waals surface area contributed by atoms with Crippen LogP contribution < -0.4 is 4.90 Å². The second-order valence-corrected chi connectivity index (χ2v) is 5.51. The summed E-state index contributed by atoms with van der Waals surface area (Å²) < 4.78 is 0. The molecule has 1 unspecified atom stereocenters. The summed E-state index contributed by atoms with van der Waals surface area (Å²) in [6.45, 7) is 3.14. The number of aliphatic hydroxyl groups excluding tert-OH is 1. The van der Waals surface area contributed by atoms with Gasteiger partial charge in [-0.05, 0) is 31.2 Å². The first-order valence-corrected chi connectivity index (χ1v) is 7.20. The number of aliphatic hydroxyl groups is 1. The Morgan fingerprint density at radius 2 is 1.94 bits per heavy atom. The zero-order valence-corrected chi connectivity index (χ0v) is 11.6. The van der Waals surface area contributed by atoms with Gasteiger partial charge in [0, 0.05) is 24.8 Å². The molecule has 0 amide bonds. The fourth-order valence-electron chi connectivity index (χ4n) is 3.02. The van der Waals surface area contributed by atoms with Crippen molar-refractivity contribution >= 4 is 5.69 Å². The number of anilines is 1. The minimum Gasteiger partial charge on any atom is -0.388 e. The quantitative estimate of drug-likeness (QED) is 0.856. The second-order valence-electron chi connectivity index (χ2n) is 5.51. The lowest BCUT2D eigenvalue weighted by atomic mass is 10.0. The van der Waals surface area contributed by atoms with Crippen molar-refractivity contribution in [1.29, 1.82) is 0 Å². The molecule has 1 aliphatic carbocycles. The highest BCUT2D eigenvalue weighted by Gasteiger charge is 2.19. The molecule has 0 heterocycles. The molecule has 0 aromatic heterocycles. The van der Waals surface area contributed by atoms with Crippen molar-refractivity contribution in [2.45, 2.75) is 45.1 Å². The molecule has 1 saturated carbocycles. The highest BCUT2D eigenvalue weighted by Crippen LogP contribution is 2.31. The molecule has 0 bridgehead atoms. The van der Waals surface area contributed by atoms with Crippen molar-refractivity contribution in [2.24, 2.45) is 5.92 Å². The number of para-hydroxylation sites is 1. The van der Waals surface area contributed by atoms with Crippen LogP contribution >= 0.6 is 0 Å². The van der Waals surface area contributed by atoms with Crippen LogP contribution in [0.1, 0.15) is 50.7 Å². The molecule has 2 nitrogen and oxygen atoms in total. The van der Waals surface area contributed by atoms with E-state index in [0.29, 0.717) is 0 Å². The predicted octanol–water partition coefficient (Wildman–Crippen LogP) is 3.76. The smallest absolute Gasteiger partial charge is 0.0807 e. The molecule has 1 aliphatic rings. The van der Waals surface area contributed by atoms with Crippen LogP contribution in [0.4, 0.5) is 5.69 Å². The predicted molar refractivity (Wildman–Crippen MR) is 76.9 cm³/mol. The Hall–Kier alpha value is -1.02. The fourth-order valence-corrected chi connectivity index (χ4v) is 3.02. The van der Waals surface area contributed by atoms with Crippen LogP contribution in [0.5, 0.6) is 0 Å². The monoisotopic (exact) mass is 247 g/mol. The van der Waals surface area contributed by atoms with Gasteiger partial charge < -0.3 is 10.0 Å². The van der Waals surface area contributed by atoms with Gasteiger partial charge in [0.2, 0.25) is 0 Å². The standard InChI is InChI=1S/C16H25NO/c1-3-16(18)14-10-6-7-11-15(14)17(2)12-13-8-4-5-9-13/h6-7,10-11,13,16,18H,3-5,8-9,12H2,1-2H3. The summed E-state index contributed by atoms with van der Waals surface area (Å²) in [6, 6.07) is 8.26. The molecule has 2 rings (SSSR count). The summed E-state index contributed by atoms with van der Waals surface area (Å²) in [5.41, 5.74) is 2.26. The van der Waals surface area contributed by atoms with Crippen molar-refractivity contribution < 1.29 is 5.11 Å². The second kappa shape index (κ2) is 6.24. The molecular weight excluding hydrogens is 222 g/mol. The Morgan fingerprint density at radius 3 is 2.61 bits per heavy atom. The van der Waals surface area contributed by atoms with Gasteiger partial charge in [-0.2, -0.15) is 0 Å². The van der Waals surface area contributed by atoms with Crippen LogP contribution in [0.25, 0.3) is 0 Å². The maximum atomic E-state index is 10.1. The highest BCUT2D eigenvalue weighted by atomic mass is 16.3. The largest absolute Gasteiger partial charge is 0.388 e. The number of nitrogens with zero attached hydrogens (tertiary/aromatic N) is 1. The van der Waals surface area contributed by atoms with E-state index in [9.17, 15) is 5.11 Å². The zero-order chi connectivity index (χ0) is 13.0. The topological polar surface area (TPSA) is 23.5 Å². The van der Waals surface area contributed by atoms with E-state index in [2.05, 4.69) is 30.1 Å². The lowest BCUT2D eigenvalue weighted by Gasteiger charge is -2.26. The van der Waals surface area contributed by atoms with E-state index in [1.165, 1.54) is 31.4 Å². The summed E-state index contributed by atoms with van der Waals surface area (Å²) in [4.78, 5) is 2.32. The van der Waals surface area contributed by atoms with Gasteiger partial charge in [-0.1, -0.05) is 38.0 Å². The number of rotatable bonds is 5. The molecule has 18 heavy (non-hydrogen) atoms. The fraction of sp³-hybridized carbons (Fsp3) is 0.625. The van der Waals surface area contributed by atoms with Gasteiger partial charge in [0.15, 0.2) is 0 Å². The summed E-state index contributed by atoms with van der Waals surface area (Å²) in [7, 11) is 2.15. The van der Waals surface area contributed by atoms with Crippen molar-refractivity contribution in [3.63, 3.8) is 0 Å². The Bertz CT molecular complexity index is 371. The SMILES string of the molecule is CCC(O)c1ccccc1N(C)CC1CCCC1. The summed E-state index contributed by atoms with van der Waals surface area (Å²) in [5, 5.41) is 10.1. The van der Waals surface area contributed by atoms with Crippen molar-refractivity contribution in [3.05, 3.63) is 29.8 Å². The Labute approximate surface area is 111 Å². The van der Waals surface area contributed by atoms with Gasteiger partial charge in [-0.25, -0.2) is 0 Å². The minimum atomic E-state index is -0.341. The Kier molecular flexibility index (Phi) is 4.65. The van der Waals surface area contributed by atoms with E-state index in [1.54, 1.807) is 0 Å². The molecule has 1 aromatic carbocycles. The third-order valence-corrected chi connectivity index (χ3v) is 4.10. The molecule has 2 heteroatoms. The molecule has 1 N–H and O–H groups in total. The molecule has 1 aromatic rings. The van der Waals surface area contributed by atoms with Gasteiger partial charge in [0.25, 0.3) is 0 Å². The Morgan fingerprint density at radius 1 is 1.28 bits per heavy atom. The maximum absolute atomic E-state index is 10.1. The van der Waals surface area contributed by atoms with Crippen LogP contribution in [-0.2, 0) is 0 Å².